The Kier molecular flexibility index (Phi) is 3.23. The second-order valence-corrected chi connectivity index (χ2v) is 4.55. The third kappa shape index (κ3) is 2.35. The molecule has 0 N–H and O–H groups in total. The van der Waals surface area contributed by atoms with Crippen molar-refractivity contribution in [3.63, 3.8) is 0 Å². The Hall–Kier alpha value is -3.35. The lowest BCUT2D eigenvalue weighted by Crippen LogP contribution is -2.01. The van der Waals surface area contributed by atoms with E-state index in [1.807, 2.05) is 0 Å². The summed E-state index contributed by atoms with van der Waals surface area (Å²) in [6.07, 6.45) is 0. The van der Waals surface area contributed by atoms with Gasteiger partial charge in [0, 0.05) is 23.8 Å². The van der Waals surface area contributed by atoms with Gasteiger partial charge in [-0.25, -0.2) is 0 Å². The molecular formula is C15H8N2O5. The normalized spacial score (nSPS) is 10.5. The van der Waals surface area contributed by atoms with E-state index in [-0.39, 0.29) is 28.1 Å². The summed E-state index contributed by atoms with van der Waals surface area (Å²) >= 11 is 0. The number of nitrogens with zero attached hydrogens (tertiary/aromatic N) is 2. The number of fused-ring (bicyclic) bond motifs is 1. The van der Waals surface area contributed by atoms with Crippen LogP contribution >= 0.6 is 0 Å². The first kappa shape index (κ1) is 13.6. The molecule has 0 saturated heterocycles. The lowest BCUT2D eigenvalue weighted by atomic mass is 10.1. The van der Waals surface area contributed by atoms with E-state index in [0.717, 1.165) is 0 Å². The van der Waals surface area contributed by atoms with Gasteiger partial charge in [-0.2, -0.15) is 0 Å². The number of non-ortho nitro benzene ring substituents is 1. The largest absolute Gasteiger partial charge is 0.456 e. The number of rotatable bonds is 3. The maximum Gasteiger partial charge on any atom is 0.270 e. The minimum Gasteiger partial charge on any atom is -0.456 e. The monoisotopic (exact) mass is 296 g/mol. The third-order valence-corrected chi connectivity index (χ3v) is 3.16. The molecule has 0 aliphatic rings. The predicted octanol–water partition coefficient (Wildman–Crippen LogP) is 3.77. The van der Waals surface area contributed by atoms with Crippen molar-refractivity contribution >= 4 is 22.3 Å². The van der Waals surface area contributed by atoms with Gasteiger partial charge in [-0.1, -0.05) is 12.1 Å². The Bertz CT molecular complexity index is 962. The minimum atomic E-state index is -0.577. The summed E-state index contributed by atoms with van der Waals surface area (Å²) in [5, 5.41) is 13.7. The molecule has 0 aliphatic heterocycles. The molecule has 1 aromatic heterocycles. The van der Waals surface area contributed by atoms with E-state index in [2.05, 4.69) is 5.18 Å². The molecule has 7 heteroatoms. The highest BCUT2D eigenvalue weighted by atomic mass is 16.6. The summed E-state index contributed by atoms with van der Waals surface area (Å²) < 4.78 is 5.60. The SMILES string of the molecule is O=Nc1cccc(-c2cc(=O)c3cc([N+](=O)[O-])ccc3o2)c1. The Balaban J connectivity index is 2.21. The molecule has 3 rings (SSSR count). The molecule has 1 heterocycles. The van der Waals surface area contributed by atoms with Crippen LogP contribution in [-0.4, -0.2) is 4.92 Å². The molecule has 22 heavy (non-hydrogen) atoms. The first-order valence-corrected chi connectivity index (χ1v) is 6.24. The number of hydrogen-bond donors (Lipinski definition) is 0. The maximum atomic E-state index is 12.1. The highest BCUT2D eigenvalue weighted by Gasteiger charge is 2.12. The zero-order valence-corrected chi connectivity index (χ0v) is 11.1. The van der Waals surface area contributed by atoms with Crippen LogP contribution in [0.5, 0.6) is 0 Å². The van der Waals surface area contributed by atoms with Crippen LogP contribution in [0, 0.1) is 15.0 Å². The van der Waals surface area contributed by atoms with Crippen molar-refractivity contribution in [2.75, 3.05) is 0 Å². The second-order valence-electron chi connectivity index (χ2n) is 4.55. The quantitative estimate of drug-likeness (QED) is 0.416. The van der Waals surface area contributed by atoms with Gasteiger partial charge in [0.15, 0.2) is 5.43 Å². The van der Waals surface area contributed by atoms with Crippen LogP contribution in [0.2, 0.25) is 0 Å². The van der Waals surface area contributed by atoms with Crippen molar-refractivity contribution in [2.45, 2.75) is 0 Å². The topological polar surface area (TPSA) is 103 Å². The lowest BCUT2D eigenvalue weighted by Gasteiger charge is -2.03. The van der Waals surface area contributed by atoms with E-state index in [1.165, 1.54) is 36.4 Å². The van der Waals surface area contributed by atoms with Gasteiger partial charge in [0.2, 0.25) is 0 Å². The Morgan fingerprint density at radius 1 is 1.09 bits per heavy atom. The molecule has 0 spiro atoms. The number of nitro groups is 1. The predicted molar refractivity (Wildman–Crippen MR) is 80.0 cm³/mol. The number of nitro benzene ring substituents is 1. The van der Waals surface area contributed by atoms with Crippen LogP contribution in [0.15, 0.2) is 62.9 Å². The summed E-state index contributed by atoms with van der Waals surface area (Å²) in [6.45, 7) is 0. The van der Waals surface area contributed by atoms with Crippen LogP contribution in [0.25, 0.3) is 22.3 Å². The van der Waals surface area contributed by atoms with Crippen molar-refractivity contribution in [2.24, 2.45) is 5.18 Å². The van der Waals surface area contributed by atoms with E-state index in [9.17, 15) is 19.8 Å². The summed E-state index contributed by atoms with van der Waals surface area (Å²) in [6, 6.07) is 11.3. The fraction of sp³-hybridized carbons (Fsp3) is 0. The lowest BCUT2D eigenvalue weighted by molar-refractivity contribution is -0.384. The molecule has 3 aromatic rings. The molecule has 0 aliphatic carbocycles. The second kappa shape index (κ2) is 5.21. The fourth-order valence-electron chi connectivity index (χ4n) is 2.12. The van der Waals surface area contributed by atoms with Gasteiger partial charge in [-0.15, -0.1) is 4.91 Å². The smallest absolute Gasteiger partial charge is 0.270 e. The fourth-order valence-corrected chi connectivity index (χ4v) is 2.12. The van der Waals surface area contributed by atoms with Gasteiger partial charge >= 0.3 is 0 Å². The van der Waals surface area contributed by atoms with Gasteiger partial charge in [0.05, 0.1) is 10.3 Å². The number of hydrogen-bond acceptors (Lipinski definition) is 6. The molecule has 0 atom stereocenters. The van der Waals surface area contributed by atoms with Crippen molar-refractivity contribution < 1.29 is 9.34 Å². The molecule has 108 valence electrons. The third-order valence-electron chi connectivity index (χ3n) is 3.16. The molecular weight excluding hydrogens is 288 g/mol. The van der Waals surface area contributed by atoms with Crippen LogP contribution < -0.4 is 5.43 Å². The highest BCUT2D eigenvalue weighted by Crippen LogP contribution is 2.26. The average Bonchev–Trinajstić information content (AvgIpc) is 2.54. The standard InChI is InChI=1S/C15H8N2O5/c18-13-8-15(9-2-1-3-10(6-9)16-19)22-14-5-4-11(17(20)21)7-12(13)14/h1-8H. The zero-order chi connectivity index (χ0) is 15.7. The van der Waals surface area contributed by atoms with E-state index in [1.54, 1.807) is 12.1 Å². The molecule has 2 aromatic carbocycles. The molecule has 0 radical (unpaired) electrons. The maximum absolute atomic E-state index is 12.1. The summed E-state index contributed by atoms with van der Waals surface area (Å²) in [5.41, 5.74) is 0.389. The molecule has 0 amide bonds. The van der Waals surface area contributed by atoms with Crippen molar-refractivity contribution in [1.82, 2.24) is 0 Å². The van der Waals surface area contributed by atoms with Gasteiger partial charge in [-0.05, 0) is 23.4 Å². The number of benzene rings is 2. The minimum absolute atomic E-state index is 0.127. The summed E-state index contributed by atoms with van der Waals surface area (Å²) in [7, 11) is 0. The van der Waals surface area contributed by atoms with Crippen molar-refractivity contribution in [3.8, 4) is 11.3 Å². The first-order chi connectivity index (χ1) is 10.6. The molecule has 7 nitrogen and oxygen atoms in total. The highest BCUT2D eigenvalue weighted by molar-refractivity contribution is 5.81. The van der Waals surface area contributed by atoms with Crippen molar-refractivity contribution in [1.29, 1.82) is 0 Å². The Morgan fingerprint density at radius 2 is 1.91 bits per heavy atom. The van der Waals surface area contributed by atoms with E-state index < -0.39 is 10.4 Å². The van der Waals surface area contributed by atoms with E-state index in [4.69, 9.17) is 4.42 Å². The Morgan fingerprint density at radius 3 is 2.64 bits per heavy atom. The van der Waals surface area contributed by atoms with E-state index >= 15 is 0 Å². The zero-order valence-electron chi connectivity index (χ0n) is 11.1. The average molecular weight is 296 g/mol. The molecule has 0 unspecified atom stereocenters. The van der Waals surface area contributed by atoms with Crippen LogP contribution in [0.4, 0.5) is 11.4 Å². The molecule has 0 bridgehead atoms. The summed E-state index contributed by atoms with van der Waals surface area (Å²) in [4.78, 5) is 32.9. The van der Waals surface area contributed by atoms with Crippen molar-refractivity contribution in [3.05, 3.63) is 73.8 Å². The molecule has 0 fully saturated rings. The van der Waals surface area contributed by atoms with Gasteiger partial charge in [0.1, 0.15) is 17.0 Å². The first-order valence-electron chi connectivity index (χ1n) is 6.24. The Labute approximate surface area is 122 Å². The van der Waals surface area contributed by atoms with Gasteiger partial charge in [-0.3, -0.25) is 14.9 Å². The molecule has 0 saturated carbocycles. The van der Waals surface area contributed by atoms with Crippen LogP contribution in [0.1, 0.15) is 0 Å². The summed E-state index contributed by atoms with van der Waals surface area (Å²) in [5.74, 6) is 0.261. The van der Waals surface area contributed by atoms with E-state index in [0.29, 0.717) is 5.56 Å². The number of nitroso groups, excluding NO2 is 1. The van der Waals surface area contributed by atoms with Gasteiger partial charge in [0.25, 0.3) is 5.69 Å². The van der Waals surface area contributed by atoms with Crippen LogP contribution in [0.3, 0.4) is 0 Å². The van der Waals surface area contributed by atoms with Crippen LogP contribution in [-0.2, 0) is 0 Å². The van der Waals surface area contributed by atoms with Gasteiger partial charge < -0.3 is 4.42 Å².